The molecule has 0 atom stereocenters. The summed E-state index contributed by atoms with van der Waals surface area (Å²) in [4.78, 5) is 25.1. The first kappa shape index (κ1) is 20.2. The van der Waals surface area contributed by atoms with Crippen LogP contribution in [0, 0.1) is 11.3 Å². The number of rotatable bonds is 5. The summed E-state index contributed by atoms with van der Waals surface area (Å²) in [6.45, 7) is -0.439. The quantitative estimate of drug-likeness (QED) is 0.705. The van der Waals surface area contributed by atoms with E-state index in [0.717, 1.165) is 18.4 Å². The Bertz CT molecular complexity index is 930. The highest BCUT2D eigenvalue weighted by molar-refractivity contribution is 6.31. The van der Waals surface area contributed by atoms with Gasteiger partial charge in [0.05, 0.1) is 16.7 Å². The molecule has 0 radical (unpaired) electrons. The summed E-state index contributed by atoms with van der Waals surface area (Å²) < 4.78 is 5.35. The maximum Gasteiger partial charge on any atom is 0.317 e. The molecule has 0 aromatic heterocycles. The van der Waals surface area contributed by atoms with Gasteiger partial charge in [-0.1, -0.05) is 48.2 Å². The summed E-state index contributed by atoms with van der Waals surface area (Å²) in [7, 11) is 0. The fraction of sp³-hybridized carbons (Fsp3) is 0.286. The maximum absolute atomic E-state index is 12.9. The van der Waals surface area contributed by atoms with E-state index in [-0.39, 0.29) is 11.3 Å². The van der Waals surface area contributed by atoms with Crippen molar-refractivity contribution in [2.45, 2.75) is 31.1 Å². The molecular weight excluding hydrogens is 399 g/mol. The van der Waals surface area contributed by atoms with Crippen LogP contribution in [0.25, 0.3) is 0 Å². The van der Waals surface area contributed by atoms with E-state index in [2.05, 4.69) is 5.32 Å². The highest BCUT2D eigenvalue weighted by atomic mass is 35.5. The van der Waals surface area contributed by atoms with Crippen molar-refractivity contribution in [3.8, 4) is 6.07 Å². The molecule has 3 rings (SSSR count). The fourth-order valence-electron chi connectivity index (χ4n) is 3.53. The van der Waals surface area contributed by atoms with E-state index in [4.69, 9.17) is 33.2 Å². The Balaban J connectivity index is 1.68. The third-order valence-electron chi connectivity index (χ3n) is 4.96. The van der Waals surface area contributed by atoms with Crippen molar-refractivity contribution >= 4 is 40.8 Å². The van der Waals surface area contributed by atoms with Gasteiger partial charge in [0.25, 0.3) is 5.91 Å². The topological polar surface area (TPSA) is 79.2 Å². The molecule has 1 N–H and O–H groups in total. The van der Waals surface area contributed by atoms with Crippen molar-refractivity contribution in [1.29, 1.82) is 5.26 Å². The molecule has 1 fully saturated rings. The summed E-state index contributed by atoms with van der Waals surface area (Å²) in [6.07, 6.45) is 3.17. The number of hydrogen-bond donors (Lipinski definition) is 1. The van der Waals surface area contributed by atoms with Crippen molar-refractivity contribution in [2.24, 2.45) is 0 Å². The second-order valence-corrected chi connectivity index (χ2v) is 7.59. The zero-order valence-corrected chi connectivity index (χ0v) is 16.5. The van der Waals surface area contributed by atoms with Crippen molar-refractivity contribution in [1.82, 2.24) is 0 Å². The predicted octanol–water partition coefficient (Wildman–Crippen LogP) is 4.86. The van der Waals surface area contributed by atoms with E-state index in [1.807, 2.05) is 18.2 Å². The zero-order valence-electron chi connectivity index (χ0n) is 15.0. The van der Waals surface area contributed by atoms with Crippen LogP contribution in [0.15, 0.2) is 42.5 Å². The first-order valence-electron chi connectivity index (χ1n) is 8.87. The number of hydrogen-bond acceptors (Lipinski definition) is 4. The molecule has 0 unspecified atom stereocenters. The van der Waals surface area contributed by atoms with Gasteiger partial charge in [-0.3, -0.25) is 9.59 Å². The maximum atomic E-state index is 12.9. The van der Waals surface area contributed by atoms with E-state index in [0.29, 0.717) is 22.9 Å². The van der Waals surface area contributed by atoms with Crippen molar-refractivity contribution in [2.75, 3.05) is 11.9 Å². The molecule has 144 valence electrons. The molecule has 1 amide bonds. The lowest BCUT2D eigenvalue weighted by Crippen LogP contribution is -2.36. The number of carbonyl (C=O) groups is 2. The molecule has 0 spiro atoms. The minimum absolute atomic E-state index is 0.275. The van der Waals surface area contributed by atoms with Gasteiger partial charge in [-0.15, -0.1) is 0 Å². The Morgan fingerprint density at radius 2 is 1.71 bits per heavy atom. The molecule has 1 aliphatic rings. The van der Waals surface area contributed by atoms with Crippen LogP contribution in [0.4, 0.5) is 5.69 Å². The van der Waals surface area contributed by atoms with Crippen LogP contribution >= 0.6 is 23.2 Å². The number of ether oxygens (including phenoxy) is 1. The average molecular weight is 417 g/mol. The van der Waals surface area contributed by atoms with Gasteiger partial charge in [0.15, 0.2) is 6.61 Å². The number of halogens is 2. The summed E-state index contributed by atoms with van der Waals surface area (Å²) in [6, 6.07) is 13.7. The summed E-state index contributed by atoms with van der Waals surface area (Å²) in [5.74, 6) is -0.953. The molecule has 2 aromatic rings. The largest absolute Gasteiger partial charge is 0.455 e. The number of amides is 1. The van der Waals surface area contributed by atoms with Gasteiger partial charge >= 0.3 is 5.97 Å². The molecule has 0 aliphatic heterocycles. The zero-order chi connectivity index (χ0) is 20.1. The van der Waals surface area contributed by atoms with E-state index in [1.165, 1.54) is 12.1 Å². The second kappa shape index (κ2) is 8.64. The normalized spacial score (nSPS) is 14.9. The summed E-state index contributed by atoms with van der Waals surface area (Å²) >= 11 is 11.9. The van der Waals surface area contributed by atoms with Crippen LogP contribution in [-0.4, -0.2) is 18.5 Å². The standard InChI is InChI=1S/C21H18Cl2N2O3/c22-16-7-4-15(5-8-16)21(9-1-2-10-21)20(27)28-13-19(26)25-18-11-17(23)6-3-14(18)12-24/h3-8,11H,1-2,9-10,13H2,(H,25,26). The van der Waals surface area contributed by atoms with Gasteiger partial charge in [-0.25, -0.2) is 0 Å². The smallest absolute Gasteiger partial charge is 0.317 e. The first-order valence-corrected chi connectivity index (χ1v) is 9.63. The van der Waals surface area contributed by atoms with Crippen LogP contribution in [0.3, 0.4) is 0 Å². The molecule has 0 saturated heterocycles. The lowest BCUT2D eigenvalue weighted by atomic mass is 9.79. The minimum atomic E-state index is -0.751. The number of esters is 1. The number of nitriles is 1. The van der Waals surface area contributed by atoms with E-state index < -0.39 is 23.9 Å². The third-order valence-corrected chi connectivity index (χ3v) is 5.44. The van der Waals surface area contributed by atoms with Crippen LogP contribution in [0.2, 0.25) is 10.0 Å². The Kier molecular flexibility index (Phi) is 6.23. The number of benzene rings is 2. The van der Waals surface area contributed by atoms with Gasteiger partial charge in [-0.2, -0.15) is 5.26 Å². The molecule has 7 heteroatoms. The molecule has 2 aromatic carbocycles. The second-order valence-electron chi connectivity index (χ2n) is 6.72. The van der Waals surface area contributed by atoms with Crippen LogP contribution in [0.1, 0.15) is 36.8 Å². The molecule has 28 heavy (non-hydrogen) atoms. The summed E-state index contributed by atoms with van der Waals surface area (Å²) in [5, 5.41) is 12.7. The summed E-state index contributed by atoms with van der Waals surface area (Å²) in [5.41, 5.74) is 0.655. The fourth-order valence-corrected chi connectivity index (χ4v) is 3.83. The average Bonchev–Trinajstić information content (AvgIpc) is 3.18. The minimum Gasteiger partial charge on any atom is -0.455 e. The van der Waals surface area contributed by atoms with Gasteiger partial charge in [0, 0.05) is 10.0 Å². The van der Waals surface area contributed by atoms with Crippen molar-refractivity contribution < 1.29 is 14.3 Å². The molecule has 5 nitrogen and oxygen atoms in total. The van der Waals surface area contributed by atoms with Crippen molar-refractivity contribution in [3.63, 3.8) is 0 Å². The lowest BCUT2D eigenvalue weighted by Gasteiger charge is -2.27. The Morgan fingerprint density at radius 3 is 2.36 bits per heavy atom. The Hall–Kier alpha value is -2.55. The SMILES string of the molecule is N#Cc1ccc(Cl)cc1NC(=O)COC(=O)C1(c2ccc(Cl)cc2)CCCC1. The molecule has 0 heterocycles. The highest BCUT2D eigenvalue weighted by Gasteiger charge is 2.44. The van der Waals surface area contributed by atoms with Crippen LogP contribution in [0.5, 0.6) is 0 Å². The molecule has 0 bridgehead atoms. The highest BCUT2D eigenvalue weighted by Crippen LogP contribution is 2.42. The number of nitrogens with zero attached hydrogens (tertiary/aromatic N) is 1. The van der Waals surface area contributed by atoms with Crippen LogP contribution in [-0.2, 0) is 19.7 Å². The van der Waals surface area contributed by atoms with Crippen molar-refractivity contribution in [3.05, 3.63) is 63.6 Å². The van der Waals surface area contributed by atoms with E-state index in [9.17, 15) is 9.59 Å². The first-order chi connectivity index (χ1) is 13.4. The van der Waals surface area contributed by atoms with Gasteiger partial charge in [0.1, 0.15) is 6.07 Å². The van der Waals surface area contributed by atoms with E-state index in [1.54, 1.807) is 18.2 Å². The van der Waals surface area contributed by atoms with Gasteiger partial charge in [-0.05, 0) is 48.7 Å². The third kappa shape index (κ3) is 4.30. The predicted molar refractivity (Wildman–Crippen MR) is 107 cm³/mol. The number of nitrogens with one attached hydrogen (secondary N) is 1. The Labute approximate surface area is 173 Å². The van der Waals surface area contributed by atoms with Crippen LogP contribution < -0.4 is 5.32 Å². The van der Waals surface area contributed by atoms with Gasteiger partial charge < -0.3 is 10.1 Å². The number of anilines is 1. The Morgan fingerprint density at radius 1 is 1.07 bits per heavy atom. The molecule has 1 saturated carbocycles. The molecule has 1 aliphatic carbocycles. The number of carbonyl (C=O) groups excluding carboxylic acids is 2. The lowest BCUT2D eigenvalue weighted by molar-refractivity contribution is -0.153. The van der Waals surface area contributed by atoms with Gasteiger partial charge in [0.2, 0.25) is 0 Å². The monoisotopic (exact) mass is 416 g/mol. The molecular formula is C21H18Cl2N2O3. The van der Waals surface area contributed by atoms with E-state index >= 15 is 0 Å².